The Morgan fingerprint density at radius 2 is 1.84 bits per heavy atom. The van der Waals surface area contributed by atoms with Gasteiger partial charge in [0.25, 0.3) is 0 Å². The number of thiazole rings is 1. The third-order valence-corrected chi connectivity index (χ3v) is 3.24. The van der Waals surface area contributed by atoms with Gasteiger partial charge >= 0.3 is 6.18 Å². The van der Waals surface area contributed by atoms with Crippen molar-refractivity contribution >= 4 is 23.7 Å². The Morgan fingerprint density at radius 3 is 2.37 bits per heavy atom. The number of nitrogens with one attached hydrogen (secondary N) is 1. The minimum atomic E-state index is -4.29. The third kappa shape index (κ3) is 3.92. The van der Waals surface area contributed by atoms with Gasteiger partial charge in [-0.3, -0.25) is 0 Å². The highest BCUT2D eigenvalue weighted by molar-refractivity contribution is 7.09. The van der Waals surface area contributed by atoms with Crippen LogP contribution in [0, 0.1) is 0 Å². The average Bonchev–Trinajstić information content (AvgIpc) is 2.77. The van der Waals surface area contributed by atoms with Crippen LogP contribution in [-0.2, 0) is 12.7 Å². The molecule has 2 rings (SSSR count). The zero-order valence-corrected chi connectivity index (χ0v) is 11.6. The molecule has 0 aliphatic rings. The molecule has 2 nitrogen and oxygen atoms in total. The monoisotopic (exact) mass is 308 g/mol. The van der Waals surface area contributed by atoms with Gasteiger partial charge in [-0.25, -0.2) is 4.98 Å². The van der Waals surface area contributed by atoms with Crippen molar-refractivity contribution in [2.75, 3.05) is 7.05 Å². The Labute approximate surface area is 119 Å². The molecule has 7 heteroatoms. The van der Waals surface area contributed by atoms with Crippen molar-refractivity contribution in [3.8, 4) is 11.3 Å². The lowest BCUT2D eigenvalue weighted by Gasteiger charge is -2.06. The Bertz CT molecular complexity index is 523. The molecule has 0 amide bonds. The molecule has 19 heavy (non-hydrogen) atoms. The Kier molecular flexibility index (Phi) is 5.34. The van der Waals surface area contributed by atoms with Crippen LogP contribution < -0.4 is 5.32 Å². The van der Waals surface area contributed by atoms with E-state index in [-0.39, 0.29) is 12.4 Å². The third-order valence-electron chi connectivity index (χ3n) is 2.39. The van der Waals surface area contributed by atoms with Crippen molar-refractivity contribution in [1.82, 2.24) is 10.3 Å². The molecule has 0 radical (unpaired) electrons. The van der Waals surface area contributed by atoms with Crippen molar-refractivity contribution in [2.24, 2.45) is 0 Å². The van der Waals surface area contributed by atoms with E-state index in [0.717, 1.165) is 17.1 Å². The van der Waals surface area contributed by atoms with Gasteiger partial charge in [-0.15, -0.1) is 23.7 Å². The fraction of sp³-hybridized carbons (Fsp3) is 0.250. The van der Waals surface area contributed by atoms with E-state index in [2.05, 4.69) is 10.3 Å². The van der Waals surface area contributed by atoms with E-state index in [1.807, 2.05) is 12.4 Å². The number of nitrogens with zero attached hydrogens (tertiary/aromatic N) is 1. The fourth-order valence-corrected chi connectivity index (χ4v) is 2.32. The molecule has 1 aromatic carbocycles. The van der Waals surface area contributed by atoms with E-state index in [1.165, 1.54) is 23.5 Å². The molecule has 0 saturated carbocycles. The van der Waals surface area contributed by atoms with Crippen molar-refractivity contribution in [3.63, 3.8) is 0 Å². The molecule has 2 aromatic rings. The topological polar surface area (TPSA) is 24.9 Å². The molecular weight excluding hydrogens is 297 g/mol. The van der Waals surface area contributed by atoms with Gasteiger partial charge in [0.1, 0.15) is 5.01 Å². The predicted molar refractivity (Wildman–Crippen MR) is 72.6 cm³/mol. The average molecular weight is 309 g/mol. The Balaban J connectivity index is 0.00000180. The second kappa shape index (κ2) is 6.36. The molecule has 0 bridgehead atoms. The summed E-state index contributed by atoms with van der Waals surface area (Å²) in [6.07, 6.45) is -4.29. The van der Waals surface area contributed by atoms with Crippen molar-refractivity contribution in [1.29, 1.82) is 0 Å². The maximum atomic E-state index is 12.4. The molecule has 0 aliphatic carbocycles. The minimum Gasteiger partial charge on any atom is -0.314 e. The zero-order chi connectivity index (χ0) is 13.2. The van der Waals surface area contributed by atoms with Crippen LogP contribution in [0.2, 0.25) is 0 Å². The van der Waals surface area contributed by atoms with Crippen LogP contribution in [0.25, 0.3) is 11.3 Å². The van der Waals surface area contributed by atoms with Crippen LogP contribution in [-0.4, -0.2) is 12.0 Å². The van der Waals surface area contributed by atoms with E-state index in [1.54, 1.807) is 0 Å². The molecule has 104 valence electrons. The molecule has 1 heterocycles. The van der Waals surface area contributed by atoms with E-state index < -0.39 is 11.7 Å². The summed E-state index contributed by atoms with van der Waals surface area (Å²) in [6, 6.07) is 5.04. The lowest BCUT2D eigenvalue weighted by Crippen LogP contribution is -2.04. The van der Waals surface area contributed by atoms with Gasteiger partial charge < -0.3 is 5.32 Å². The summed E-state index contributed by atoms with van der Waals surface area (Å²) < 4.78 is 37.2. The number of rotatable bonds is 3. The van der Waals surface area contributed by atoms with Crippen molar-refractivity contribution in [2.45, 2.75) is 12.7 Å². The smallest absolute Gasteiger partial charge is 0.314 e. The largest absolute Gasteiger partial charge is 0.416 e. The minimum absolute atomic E-state index is 0. The summed E-state index contributed by atoms with van der Waals surface area (Å²) in [6.45, 7) is 0.658. The molecule has 0 saturated heterocycles. The van der Waals surface area contributed by atoms with Crippen LogP contribution in [0.4, 0.5) is 13.2 Å². The van der Waals surface area contributed by atoms with Gasteiger partial charge in [0.2, 0.25) is 0 Å². The van der Waals surface area contributed by atoms with Crippen molar-refractivity contribution < 1.29 is 13.2 Å². The van der Waals surface area contributed by atoms with Gasteiger partial charge in [-0.2, -0.15) is 13.2 Å². The number of alkyl halides is 3. The van der Waals surface area contributed by atoms with Gasteiger partial charge in [-0.1, -0.05) is 12.1 Å². The molecule has 0 aliphatic heterocycles. The highest BCUT2D eigenvalue weighted by atomic mass is 35.5. The zero-order valence-electron chi connectivity index (χ0n) is 9.99. The van der Waals surface area contributed by atoms with Gasteiger partial charge in [0.05, 0.1) is 11.3 Å². The summed E-state index contributed by atoms with van der Waals surface area (Å²) in [5.74, 6) is 0. The molecule has 0 atom stereocenters. The summed E-state index contributed by atoms with van der Waals surface area (Å²) in [5.41, 5.74) is 0.762. The SMILES string of the molecule is CNCc1nc(-c2ccc(C(F)(F)F)cc2)cs1.Cl. The molecule has 0 fully saturated rings. The quantitative estimate of drug-likeness (QED) is 0.928. The standard InChI is InChI=1S/C12H11F3N2S.ClH/c1-16-6-11-17-10(7-18-11)8-2-4-9(5-3-8)12(13,14)15;/h2-5,7,16H,6H2,1H3;1H. The van der Waals surface area contributed by atoms with Crippen LogP contribution in [0.1, 0.15) is 10.6 Å². The van der Waals surface area contributed by atoms with E-state index >= 15 is 0 Å². The maximum Gasteiger partial charge on any atom is 0.416 e. The fourth-order valence-electron chi connectivity index (χ4n) is 1.51. The first-order valence-corrected chi connectivity index (χ1v) is 6.15. The van der Waals surface area contributed by atoms with E-state index in [4.69, 9.17) is 0 Å². The van der Waals surface area contributed by atoms with Gasteiger partial charge in [0.15, 0.2) is 0 Å². The molecule has 1 aromatic heterocycles. The lowest BCUT2D eigenvalue weighted by molar-refractivity contribution is -0.137. The highest BCUT2D eigenvalue weighted by Gasteiger charge is 2.30. The number of hydrogen-bond donors (Lipinski definition) is 1. The predicted octanol–water partition coefficient (Wildman–Crippen LogP) is 3.97. The highest BCUT2D eigenvalue weighted by Crippen LogP contribution is 2.31. The second-order valence-electron chi connectivity index (χ2n) is 3.73. The lowest BCUT2D eigenvalue weighted by atomic mass is 10.1. The van der Waals surface area contributed by atoms with Gasteiger partial charge in [-0.05, 0) is 19.2 Å². The number of hydrogen-bond acceptors (Lipinski definition) is 3. The van der Waals surface area contributed by atoms with Crippen molar-refractivity contribution in [3.05, 3.63) is 40.2 Å². The van der Waals surface area contributed by atoms with E-state index in [9.17, 15) is 13.2 Å². The molecule has 0 spiro atoms. The number of halogens is 4. The number of aromatic nitrogens is 1. The first-order chi connectivity index (χ1) is 8.50. The van der Waals surface area contributed by atoms with Gasteiger partial charge in [0, 0.05) is 17.5 Å². The second-order valence-corrected chi connectivity index (χ2v) is 4.67. The number of benzene rings is 1. The maximum absolute atomic E-state index is 12.4. The summed E-state index contributed by atoms with van der Waals surface area (Å²) in [7, 11) is 1.82. The first kappa shape index (κ1) is 15.9. The summed E-state index contributed by atoms with van der Waals surface area (Å²) >= 11 is 1.48. The normalized spacial score (nSPS) is 11.2. The Morgan fingerprint density at radius 1 is 1.21 bits per heavy atom. The molecule has 1 N–H and O–H groups in total. The molecular formula is C12H12ClF3N2S. The molecule has 0 unspecified atom stereocenters. The van der Waals surface area contributed by atoms with Crippen LogP contribution >= 0.6 is 23.7 Å². The van der Waals surface area contributed by atoms with Crippen LogP contribution in [0.15, 0.2) is 29.6 Å². The van der Waals surface area contributed by atoms with Crippen LogP contribution in [0.5, 0.6) is 0 Å². The summed E-state index contributed by atoms with van der Waals surface area (Å²) in [4.78, 5) is 4.34. The van der Waals surface area contributed by atoms with Crippen LogP contribution in [0.3, 0.4) is 0 Å². The van der Waals surface area contributed by atoms with E-state index in [0.29, 0.717) is 17.8 Å². The first-order valence-electron chi connectivity index (χ1n) is 5.27. The summed E-state index contributed by atoms with van der Waals surface area (Å²) in [5, 5.41) is 5.73. The Hall–Kier alpha value is -1.11.